The van der Waals surface area contributed by atoms with Gasteiger partial charge in [-0.25, -0.2) is 8.42 Å². The number of amides is 1. The van der Waals surface area contributed by atoms with Gasteiger partial charge < -0.3 is 9.88 Å². The molecule has 0 saturated carbocycles. The molecule has 1 unspecified atom stereocenters. The van der Waals surface area contributed by atoms with Crippen LogP contribution in [0.2, 0.25) is 5.02 Å². The van der Waals surface area contributed by atoms with E-state index in [-0.39, 0.29) is 0 Å². The van der Waals surface area contributed by atoms with Crippen LogP contribution in [0.3, 0.4) is 0 Å². The van der Waals surface area contributed by atoms with Gasteiger partial charge in [0.15, 0.2) is 0 Å². The first-order valence-electron chi connectivity index (χ1n) is 7.42. The third-order valence-corrected chi connectivity index (χ3v) is 5.60. The van der Waals surface area contributed by atoms with E-state index in [9.17, 15) is 39.6 Å². The van der Waals surface area contributed by atoms with E-state index in [2.05, 4.69) is 4.98 Å². The van der Waals surface area contributed by atoms with Gasteiger partial charge >= 0.3 is 6.18 Å². The van der Waals surface area contributed by atoms with Gasteiger partial charge in [-0.2, -0.15) is 36.0 Å². The van der Waals surface area contributed by atoms with Crippen LogP contribution in [0.1, 0.15) is 17.4 Å². The van der Waals surface area contributed by atoms with Gasteiger partial charge in [0.05, 0.1) is 10.7 Å². The van der Waals surface area contributed by atoms with Crippen LogP contribution in [0.4, 0.5) is 32.0 Å². The summed E-state index contributed by atoms with van der Waals surface area (Å²) in [4.78, 5) is 14.0. The molecule has 7 nitrogen and oxygen atoms in total. The molecule has 0 spiro atoms. The van der Waals surface area contributed by atoms with Crippen LogP contribution in [-0.4, -0.2) is 36.1 Å². The Balaban J connectivity index is 2.40. The molecule has 0 aromatic carbocycles. The summed E-state index contributed by atoms with van der Waals surface area (Å²) in [7, 11) is -3.69. The highest BCUT2D eigenvalue weighted by atomic mass is 35.5. The molecule has 1 amide bonds. The van der Waals surface area contributed by atoms with Crippen molar-refractivity contribution in [3.63, 3.8) is 0 Å². The predicted octanol–water partition coefficient (Wildman–Crippen LogP) is 2.97. The molecule has 0 bridgehead atoms. The van der Waals surface area contributed by atoms with Crippen molar-refractivity contribution in [3.8, 4) is 0 Å². The SMILES string of the molecule is CC(NS(=O)(=O)c1cn(C)c(C(=O)Nc2cc(F)nc(F)c2F)c1Cl)C(F)(F)F. The number of hydrogen-bond donors (Lipinski definition) is 2. The van der Waals surface area contributed by atoms with Crippen molar-refractivity contribution in [2.24, 2.45) is 7.05 Å². The summed E-state index contributed by atoms with van der Waals surface area (Å²) in [5, 5.41) is 0.996. The van der Waals surface area contributed by atoms with Gasteiger partial charge in [-0.1, -0.05) is 11.6 Å². The topological polar surface area (TPSA) is 93.1 Å². The summed E-state index contributed by atoms with van der Waals surface area (Å²) in [6, 6.07) is -2.10. The molecule has 0 saturated heterocycles. The molecule has 2 aromatic rings. The number of rotatable bonds is 5. The first-order chi connectivity index (χ1) is 13.1. The van der Waals surface area contributed by atoms with Crippen LogP contribution in [0.5, 0.6) is 0 Å². The molecule has 0 aliphatic rings. The largest absolute Gasteiger partial charge is 0.404 e. The minimum atomic E-state index is -4.89. The number of aryl methyl sites for hydroxylation is 1. The molecular formula is C14H11ClF6N4O3S. The Morgan fingerprint density at radius 1 is 1.28 bits per heavy atom. The third-order valence-electron chi connectivity index (χ3n) is 3.55. The summed E-state index contributed by atoms with van der Waals surface area (Å²) < 4.78 is 104. The van der Waals surface area contributed by atoms with Crippen LogP contribution < -0.4 is 10.0 Å². The van der Waals surface area contributed by atoms with E-state index in [1.54, 1.807) is 5.32 Å². The quantitative estimate of drug-likeness (QED) is 0.525. The summed E-state index contributed by atoms with van der Waals surface area (Å²) in [5.41, 5.74) is -1.57. The van der Waals surface area contributed by atoms with Crippen LogP contribution in [0.15, 0.2) is 17.2 Å². The van der Waals surface area contributed by atoms with Crippen LogP contribution >= 0.6 is 11.6 Å². The van der Waals surface area contributed by atoms with Gasteiger partial charge in [0.1, 0.15) is 16.6 Å². The zero-order valence-corrected chi connectivity index (χ0v) is 16.0. The van der Waals surface area contributed by atoms with Crippen molar-refractivity contribution >= 4 is 33.2 Å². The van der Waals surface area contributed by atoms with Crippen molar-refractivity contribution in [2.45, 2.75) is 24.0 Å². The third kappa shape index (κ3) is 4.82. The summed E-state index contributed by atoms with van der Waals surface area (Å²) in [6.07, 6.45) is -4.14. The second-order valence-electron chi connectivity index (χ2n) is 5.70. The fourth-order valence-electron chi connectivity index (χ4n) is 2.12. The first kappa shape index (κ1) is 23.0. The molecule has 29 heavy (non-hydrogen) atoms. The van der Waals surface area contributed by atoms with Crippen molar-refractivity contribution < 1.29 is 39.6 Å². The number of hydrogen-bond acceptors (Lipinski definition) is 4. The smallest absolute Gasteiger partial charge is 0.344 e. The van der Waals surface area contributed by atoms with E-state index in [0.29, 0.717) is 13.0 Å². The predicted molar refractivity (Wildman–Crippen MR) is 88.3 cm³/mol. The van der Waals surface area contributed by atoms with E-state index in [4.69, 9.17) is 11.6 Å². The Kier molecular flexibility index (Phi) is 6.20. The van der Waals surface area contributed by atoms with Crippen LogP contribution in [0.25, 0.3) is 0 Å². The fourth-order valence-corrected chi connectivity index (χ4v) is 4.05. The Bertz CT molecular complexity index is 1070. The molecular weight excluding hydrogens is 454 g/mol. The fraction of sp³-hybridized carbons (Fsp3) is 0.286. The highest BCUT2D eigenvalue weighted by Crippen LogP contribution is 2.30. The minimum Gasteiger partial charge on any atom is -0.344 e. The van der Waals surface area contributed by atoms with Gasteiger partial charge in [-0.15, -0.1) is 0 Å². The monoisotopic (exact) mass is 464 g/mol. The number of pyridine rings is 1. The lowest BCUT2D eigenvalue weighted by molar-refractivity contribution is -0.147. The van der Waals surface area contributed by atoms with Gasteiger partial charge in [0.25, 0.3) is 11.9 Å². The molecule has 160 valence electrons. The lowest BCUT2D eigenvalue weighted by Gasteiger charge is -2.16. The minimum absolute atomic E-state index is 0.359. The maximum absolute atomic E-state index is 13.6. The second-order valence-corrected chi connectivity index (χ2v) is 7.76. The summed E-state index contributed by atoms with van der Waals surface area (Å²) in [6.45, 7) is 0.553. The number of nitrogens with one attached hydrogen (secondary N) is 2. The Morgan fingerprint density at radius 2 is 1.86 bits per heavy atom. The zero-order valence-electron chi connectivity index (χ0n) is 14.4. The number of alkyl halides is 3. The number of aromatic nitrogens is 2. The second kappa shape index (κ2) is 7.84. The Labute approximate surface area is 164 Å². The highest BCUT2D eigenvalue weighted by Gasteiger charge is 2.40. The molecule has 2 N–H and O–H groups in total. The lowest BCUT2D eigenvalue weighted by Crippen LogP contribution is -2.42. The molecule has 2 heterocycles. The maximum atomic E-state index is 13.6. The van der Waals surface area contributed by atoms with Gasteiger partial charge in [0, 0.05) is 19.3 Å². The first-order valence-corrected chi connectivity index (χ1v) is 9.28. The molecule has 0 aliphatic carbocycles. The van der Waals surface area contributed by atoms with Crippen LogP contribution in [-0.2, 0) is 17.1 Å². The molecule has 1 atom stereocenters. The molecule has 2 rings (SSSR count). The van der Waals surface area contributed by atoms with E-state index in [0.717, 1.165) is 17.8 Å². The van der Waals surface area contributed by atoms with Crippen molar-refractivity contribution in [2.75, 3.05) is 5.32 Å². The number of carbonyl (C=O) groups excluding carboxylic acids is 1. The van der Waals surface area contributed by atoms with E-state index in [1.165, 1.54) is 4.72 Å². The maximum Gasteiger partial charge on any atom is 0.404 e. The van der Waals surface area contributed by atoms with Gasteiger partial charge in [-0.3, -0.25) is 4.79 Å². The summed E-state index contributed by atoms with van der Waals surface area (Å²) >= 11 is 5.84. The molecule has 0 radical (unpaired) electrons. The average Bonchev–Trinajstić information content (AvgIpc) is 2.86. The number of nitrogens with zero attached hydrogens (tertiary/aromatic N) is 2. The summed E-state index contributed by atoms with van der Waals surface area (Å²) in [5.74, 6) is -6.28. The lowest BCUT2D eigenvalue weighted by atomic mass is 10.3. The standard InChI is InChI=1S/C14H11ClF6N4O3S/c1-5(14(19,20)21)24-29(27,28)7-4-25(2)11(9(7)15)13(26)22-6-3-8(16)23-12(18)10(6)17/h3-5,24H,1-2H3,(H,22,23,26). The molecule has 0 aliphatic heterocycles. The van der Waals surface area contributed by atoms with E-state index < -0.39 is 67.2 Å². The number of carbonyl (C=O) groups is 1. The Hall–Kier alpha value is -2.32. The molecule has 0 fully saturated rings. The number of sulfonamides is 1. The highest BCUT2D eigenvalue weighted by molar-refractivity contribution is 7.89. The van der Waals surface area contributed by atoms with Gasteiger partial charge in [0.2, 0.25) is 21.8 Å². The van der Waals surface area contributed by atoms with Crippen LogP contribution in [0, 0.1) is 17.7 Å². The molecule has 2 aromatic heterocycles. The van der Waals surface area contributed by atoms with Gasteiger partial charge in [-0.05, 0) is 6.92 Å². The van der Waals surface area contributed by atoms with Crippen molar-refractivity contribution in [1.29, 1.82) is 0 Å². The Morgan fingerprint density at radius 3 is 2.41 bits per heavy atom. The van der Waals surface area contributed by atoms with E-state index >= 15 is 0 Å². The number of anilines is 1. The normalized spacial score (nSPS) is 13.4. The average molecular weight is 465 g/mol. The van der Waals surface area contributed by atoms with Crippen molar-refractivity contribution in [1.82, 2.24) is 14.3 Å². The van der Waals surface area contributed by atoms with E-state index in [1.807, 2.05) is 0 Å². The number of halogens is 7. The molecule has 15 heteroatoms. The zero-order chi connectivity index (χ0) is 22.3. The van der Waals surface area contributed by atoms with Crippen molar-refractivity contribution in [3.05, 3.63) is 40.7 Å².